The van der Waals surface area contributed by atoms with E-state index in [9.17, 15) is 14.7 Å². The van der Waals surface area contributed by atoms with Gasteiger partial charge in [0, 0.05) is 24.8 Å². The molecule has 2 rings (SSSR count). The van der Waals surface area contributed by atoms with Crippen molar-refractivity contribution in [1.82, 2.24) is 0 Å². The molecule has 0 saturated heterocycles. The highest BCUT2D eigenvalue weighted by Crippen LogP contribution is 2.26. The Morgan fingerprint density at radius 3 is 2.64 bits per heavy atom. The van der Waals surface area contributed by atoms with Gasteiger partial charge in [0.1, 0.15) is 5.75 Å². The normalized spacial score (nSPS) is 20.8. The van der Waals surface area contributed by atoms with E-state index in [0.717, 1.165) is 5.56 Å². The number of hydrogen-bond acceptors (Lipinski definition) is 6. The van der Waals surface area contributed by atoms with Crippen molar-refractivity contribution in [3.63, 3.8) is 0 Å². The minimum Gasteiger partial charge on any atom is -0.469 e. The number of hydrogen-bond donors (Lipinski definition) is 1. The molecular formula is C19H22O6. The first-order valence-corrected chi connectivity index (χ1v) is 8.09. The molecule has 6 heteroatoms. The summed E-state index contributed by atoms with van der Waals surface area (Å²) in [4.78, 5) is 22.8. The lowest BCUT2D eigenvalue weighted by atomic mass is 9.93. The predicted octanol–water partition coefficient (Wildman–Crippen LogP) is 2.51. The molecule has 1 N–H and O–H groups in total. The van der Waals surface area contributed by atoms with Gasteiger partial charge in [-0.3, -0.25) is 9.59 Å². The van der Waals surface area contributed by atoms with Crippen LogP contribution in [0.3, 0.4) is 0 Å². The number of allylic oxidation sites excluding steroid dienone is 2. The van der Waals surface area contributed by atoms with Gasteiger partial charge in [0.25, 0.3) is 0 Å². The standard InChI is InChI=1S/C19H22O6/c1-3-17-15(9-11-24-19(17)22)12-18(21)23-10-8-14-4-6-16(7-5-14)25-13(2)20/h3-7,9,11,15,19,22H,8,10,12H2,1-2H3/b17-3+/t15-,19?/m0/s1. The van der Waals surface area contributed by atoms with Crippen LogP contribution in [0.25, 0.3) is 0 Å². The summed E-state index contributed by atoms with van der Waals surface area (Å²) >= 11 is 0. The summed E-state index contributed by atoms with van der Waals surface area (Å²) in [5, 5.41) is 9.73. The first kappa shape index (κ1) is 18.7. The van der Waals surface area contributed by atoms with Crippen molar-refractivity contribution in [1.29, 1.82) is 0 Å². The first-order valence-electron chi connectivity index (χ1n) is 8.09. The average molecular weight is 346 g/mol. The van der Waals surface area contributed by atoms with Crippen LogP contribution < -0.4 is 4.74 Å². The smallest absolute Gasteiger partial charge is 0.308 e. The van der Waals surface area contributed by atoms with Crippen LogP contribution in [0.15, 0.2) is 48.3 Å². The molecule has 0 bridgehead atoms. The van der Waals surface area contributed by atoms with E-state index < -0.39 is 6.29 Å². The minimum atomic E-state index is -1.01. The maximum Gasteiger partial charge on any atom is 0.308 e. The summed E-state index contributed by atoms with van der Waals surface area (Å²) < 4.78 is 15.2. The molecule has 0 aliphatic carbocycles. The zero-order chi connectivity index (χ0) is 18.2. The Morgan fingerprint density at radius 1 is 1.28 bits per heavy atom. The van der Waals surface area contributed by atoms with Crippen molar-refractivity contribution >= 4 is 11.9 Å². The van der Waals surface area contributed by atoms with E-state index in [4.69, 9.17) is 14.2 Å². The molecule has 25 heavy (non-hydrogen) atoms. The monoisotopic (exact) mass is 346 g/mol. The highest BCUT2D eigenvalue weighted by Gasteiger charge is 2.25. The molecule has 0 fully saturated rings. The van der Waals surface area contributed by atoms with Gasteiger partial charge in [0.05, 0.1) is 19.3 Å². The summed E-state index contributed by atoms with van der Waals surface area (Å²) in [6.07, 6.45) is 4.59. The molecule has 134 valence electrons. The fourth-order valence-corrected chi connectivity index (χ4v) is 2.54. The molecule has 1 heterocycles. The van der Waals surface area contributed by atoms with Crippen molar-refractivity contribution in [3.8, 4) is 5.75 Å². The molecular weight excluding hydrogens is 324 g/mol. The molecule has 1 aliphatic heterocycles. The van der Waals surface area contributed by atoms with Crippen molar-refractivity contribution in [2.24, 2.45) is 5.92 Å². The lowest BCUT2D eigenvalue weighted by molar-refractivity contribution is -0.144. The molecule has 0 spiro atoms. The average Bonchev–Trinajstić information content (AvgIpc) is 2.56. The van der Waals surface area contributed by atoms with Crippen LogP contribution in [0.4, 0.5) is 0 Å². The second-order valence-electron chi connectivity index (χ2n) is 5.62. The van der Waals surface area contributed by atoms with Gasteiger partial charge in [-0.05, 0) is 30.7 Å². The van der Waals surface area contributed by atoms with Crippen molar-refractivity contribution < 1.29 is 28.9 Å². The third-order valence-electron chi connectivity index (χ3n) is 3.79. The Kier molecular flexibility index (Phi) is 6.77. The van der Waals surface area contributed by atoms with Gasteiger partial charge in [0.2, 0.25) is 6.29 Å². The quantitative estimate of drug-likeness (QED) is 0.484. The summed E-state index contributed by atoms with van der Waals surface area (Å²) in [6, 6.07) is 7.04. The number of carbonyl (C=O) groups excluding carboxylic acids is 2. The van der Waals surface area contributed by atoms with E-state index >= 15 is 0 Å². The van der Waals surface area contributed by atoms with Crippen LogP contribution >= 0.6 is 0 Å². The lowest BCUT2D eigenvalue weighted by Crippen LogP contribution is -2.24. The van der Waals surface area contributed by atoms with Gasteiger partial charge in [-0.25, -0.2) is 0 Å². The predicted molar refractivity (Wildman–Crippen MR) is 90.5 cm³/mol. The van der Waals surface area contributed by atoms with E-state index in [0.29, 0.717) is 17.7 Å². The number of aliphatic hydroxyl groups excluding tert-OH is 1. The Morgan fingerprint density at radius 2 is 2.00 bits per heavy atom. The van der Waals surface area contributed by atoms with Crippen LogP contribution in [0, 0.1) is 5.92 Å². The van der Waals surface area contributed by atoms with Gasteiger partial charge < -0.3 is 19.3 Å². The Bertz CT molecular complexity index is 659. The van der Waals surface area contributed by atoms with E-state index in [-0.39, 0.29) is 30.9 Å². The van der Waals surface area contributed by atoms with E-state index in [1.165, 1.54) is 13.2 Å². The summed E-state index contributed by atoms with van der Waals surface area (Å²) in [5.74, 6) is -0.435. The summed E-state index contributed by atoms with van der Waals surface area (Å²) in [6.45, 7) is 3.39. The van der Waals surface area contributed by atoms with Crippen molar-refractivity contribution in [2.75, 3.05) is 6.61 Å². The number of aliphatic hydroxyl groups is 1. The van der Waals surface area contributed by atoms with Gasteiger partial charge in [-0.1, -0.05) is 18.2 Å². The number of rotatable bonds is 6. The van der Waals surface area contributed by atoms with E-state index in [1.54, 1.807) is 31.2 Å². The first-order chi connectivity index (χ1) is 12.0. The van der Waals surface area contributed by atoms with Gasteiger partial charge in [0.15, 0.2) is 0 Å². The number of carbonyl (C=O) groups is 2. The largest absolute Gasteiger partial charge is 0.469 e. The molecule has 1 aromatic carbocycles. The Balaban J connectivity index is 1.77. The highest BCUT2D eigenvalue weighted by atomic mass is 16.6. The number of ether oxygens (including phenoxy) is 3. The maximum atomic E-state index is 12.0. The van der Waals surface area contributed by atoms with Gasteiger partial charge >= 0.3 is 11.9 Å². The molecule has 0 aromatic heterocycles. The molecule has 1 unspecified atom stereocenters. The molecule has 1 aromatic rings. The molecule has 1 aliphatic rings. The van der Waals surface area contributed by atoms with E-state index in [1.807, 2.05) is 12.1 Å². The Labute approximate surface area is 146 Å². The lowest BCUT2D eigenvalue weighted by Gasteiger charge is -2.24. The zero-order valence-electron chi connectivity index (χ0n) is 14.3. The zero-order valence-corrected chi connectivity index (χ0v) is 14.3. The number of esters is 2. The SMILES string of the molecule is C/C=C1/C(O)OC=C[C@H]1CC(=O)OCCc1ccc(OC(C)=O)cc1. The molecule has 2 atom stereocenters. The third-order valence-corrected chi connectivity index (χ3v) is 3.79. The fraction of sp³-hybridized carbons (Fsp3) is 0.368. The van der Waals surface area contributed by atoms with Crippen LogP contribution in [-0.2, 0) is 25.5 Å². The van der Waals surface area contributed by atoms with Gasteiger partial charge in [-0.15, -0.1) is 0 Å². The Hall–Kier alpha value is -2.60. The van der Waals surface area contributed by atoms with Crippen molar-refractivity contribution in [2.45, 2.75) is 33.0 Å². The minimum absolute atomic E-state index is 0.155. The summed E-state index contributed by atoms with van der Waals surface area (Å²) in [7, 11) is 0. The number of benzene rings is 1. The highest BCUT2D eigenvalue weighted by molar-refractivity contribution is 5.70. The topological polar surface area (TPSA) is 82.1 Å². The maximum absolute atomic E-state index is 12.0. The van der Waals surface area contributed by atoms with Crippen LogP contribution in [-0.4, -0.2) is 29.9 Å². The van der Waals surface area contributed by atoms with Crippen molar-refractivity contribution in [3.05, 3.63) is 53.8 Å². The second kappa shape index (κ2) is 9.03. The third kappa shape index (κ3) is 5.76. The van der Waals surface area contributed by atoms with Gasteiger partial charge in [-0.2, -0.15) is 0 Å². The fourth-order valence-electron chi connectivity index (χ4n) is 2.54. The molecule has 0 radical (unpaired) electrons. The second-order valence-corrected chi connectivity index (χ2v) is 5.62. The summed E-state index contributed by atoms with van der Waals surface area (Å²) in [5.41, 5.74) is 1.62. The molecule has 0 amide bonds. The van der Waals surface area contributed by atoms with Crippen LogP contribution in [0.1, 0.15) is 25.8 Å². The molecule has 0 saturated carbocycles. The van der Waals surface area contributed by atoms with E-state index in [2.05, 4.69) is 0 Å². The molecule has 6 nitrogen and oxygen atoms in total. The van der Waals surface area contributed by atoms with Crippen LogP contribution in [0.2, 0.25) is 0 Å². The van der Waals surface area contributed by atoms with Crippen LogP contribution in [0.5, 0.6) is 5.75 Å².